The molecule has 2 N–H and O–H groups in total. The van der Waals surface area contributed by atoms with Gasteiger partial charge < -0.3 is 10.4 Å². The van der Waals surface area contributed by atoms with Crippen LogP contribution < -0.4 is 5.32 Å². The first-order valence-corrected chi connectivity index (χ1v) is 10.4. The van der Waals surface area contributed by atoms with Gasteiger partial charge in [-0.05, 0) is 36.5 Å². The predicted octanol–water partition coefficient (Wildman–Crippen LogP) is 0.994. The predicted molar refractivity (Wildman–Crippen MR) is 96.1 cm³/mol. The summed E-state index contributed by atoms with van der Waals surface area (Å²) in [5.41, 5.74) is 1.67. The van der Waals surface area contributed by atoms with E-state index in [1.165, 1.54) is 12.1 Å². The van der Waals surface area contributed by atoms with Crippen molar-refractivity contribution in [3.63, 3.8) is 0 Å². The summed E-state index contributed by atoms with van der Waals surface area (Å²) in [6.45, 7) is 0. The Morgan fingerprint density at radius 1 is 1.35 bits per heavy atom. The number of aromatic nitrogens is 2. The Morgan fingerprint density at radius 2 is 2.00 bits per heavy atom. The van der Waals surface area contributed by atoms with Gasteiger partial charge in [0.25, 0.3) is 0 Å². The Labute approximate surface area is 153 Å². The van der Waals surface area contributed by atoms with Gasteiger partial charge in [0.15, 0.2) is 9.84 Å². The molecule has 26 heavy (non-hydrogen) atoms. The number of nitrogens with one attached hydrogen (secondary N) is 1. The van der Waals surface area contributed by atoms with E-state index in [0.29, 0.717) is 12.8 Å². The molecule has 1 aromatic heterocycles. The first-order valence-electron chi connectivity index (χ1n) is 8.47. The van der Waals surface area contributed by atoms with Gasteiger partial charge in [-0.1, -0.05) is 12.1 Å². The molecule has 1 aliphatic carbocycles. The molecule has 1 unspecified atom stereocenters. The number of carbonyl (C=O) groups excluding carboxylic acids is 1. The van der Waals surface area contributed by atoms with Gasteiger partial charge >= 0.3 is 0 Å². The number of hydrogen-bond acceptors (Lipinski definition) is 5. The van der Waals surface area contributed by atoms with Gasteiger partial charge in [0.1, 0.15) is 0 Å². The van der Waals surface area contributed by atoms with E-state index in [4.69, 9.17) is 0 Å². The summed E-state index contributed by atoms with van der Waals surface area (Å²) in [5.74, 6) is 0.0399. The van der Waals surface area contributed by atoms with Crippen molar-refractivity contribution < 1.29 is 18.3 Å². The second-order valence-electron chi connectivity index (χ2n) is 6.97. The molecule has 3 rings (SSSR count). The second-order valence-corrected chi connectivity index (χ2v) is 8.99. The minimum Gasteiger partial charge on any atom is -0.393 e. The van der Waals surface area contributed by atoms with Crippen LogP contribution in [0.25, 0.3) is 0 Å². The third kappa shape index (κ3) is 4.31. The van der Waals surface area contributed by atoms with Gasteiger partial charge in [-0.3, -0.25) is 9.48 Å². The number of aliphatic hydroxyl groups excluding tert-OH is 1. The number of benzene rings is 1. The Morgan fingerprint density at radius 3 is 2.50 bits per heavy atom. The van der Waals surface area contributed by atoms with Crippen LogP contribution >= 0.6 is 0 Å². The second kappa shape index (κ2) is 7.20. The molecule has 0 bridgehead atoms. The van der Waals surface area contributed by atoms with Crippen LogP contribution in [0.2, 0.25) is 0 Å². The van der Waals surface area contributed by atoms with Crippen molar-refractivity contribution in [3.05, 3.63) is 47.8 Å². The molecule has 0 spiro atoms. The molecule has 8 heteroatoms. The molecule has 0 saturated heterocycles. The number of rotatable bonds is 6. The summed E-state index contributed by atoms with van der Waals surface area (Å²) in [6.07, 6.45) is 5.93. The lowest BCUT2D eigenvalue weighted by molar-refractivity contribution is -0.122. The van der Waals surface area contributed by atoms with Gasteiger partial charge in [0.05, 0.1) is 29.7 Å². The van der Waals surface area contributed by atoms with Crippen LogP contribution in [0.3, 0.4) is 0 Å². The lowest BCUT2D eigenvalue weighted by Crippen LogP contribution is -2.41. The zero-order valence-electron chi connectivity index (χ0n) is 14.8. The fourth-order valence-electron chi connectivity index (χ4n) is 3.24. The molecule has 140 valence electrons. The zero-order valence-corrected chi connectivity index (χ0v) is 15.6. The summed E-state index contributed by atoms with van der Waals surface area (Å²) in [5, 5.41) is 16.8. The molecule has 1 amide bonds. The molecular formula is C18H23N3O4S. The van der Waals surface area contributed by atoms with Crippen LogP contribution in [0.15, 0.2) is 41.6 Å². The summed E-state index contributed by atoms with van der Waals surface area (Å²) in [7, 11) is -1.43. The summed E-state index contributed by atoms with van der Waals surface area (Å²) in [4.78, 5) is 12.7. The maximum atomic E-state index is 12.5. The van der Waals surface area contributed by atoms with Crippen molar-refractivity contribution in [2.45, 2.75) is 36.3 Å². The van der Waals surface area contributed by atoms with Crippen molar-refractivity contribution in [3.8, 4) is 0 Å². The first kappa shape index (κ1) is 18.6. The first-order chi connectivity index (χ1) is 12.2. The van der Waals surface area contributed by atoms with E-state index in [0.717, 1.165) is 17.4 Å². The van der Waals surface area contributed by atoms with Gasteiger partial charge in [0.2, 0.25) is 5.91 Å². The van der Waals surface area contributed by atoms with Crippen LogP contribution in [0.1, 0.15) is 30.0 Å². The molecule has 1 fully saturated rings. The highest BCUT2D eigenvalue weighted by Crippen LogP contribution is 2.38. The largest absolute Gasteiger partial charge is 0.393 e. The van der Waals surface area contributed by atoms with Crippen molar-refractivity contribution in [1.82, 2.24) is 15.1 Å². The van der Waals surface area contributed by atoms with Crippen molar-refractivity contribution in [2.24, 2.45) is 13.0 Å². The highest BCUT2D eigenvalue weighted by Gasteiger charge is 2.36. The van der Waals surface area contributed by atoms with Crippen molar-refractivity contribution >= 4 is 15.7 Å². The number of nitrogens with zero attached hydrogens (tertiary/aromatic N) is 2. The van der Waals surface area contributed by atoms with E-state index in [1.54, 1.807) is 23.0 Å². The number of hydrogen-bond donors (Lipinski definition) is 2. The monoisotopic (exact) mass is 377 g/mol. The van der Waals surface area contributed by atoms with Crippen LogP contribution in [-0.4, -0.2) is 41.6 Å². The smallest absolute Gasteiger partial charge is 0.224 e. The van der Waals surface area contributed by atoms with Gasteiger partial charge in [-0.15, -0.1) is 0 Å². The third-order valence-corrected chi connectivity index (χ3v) is 5.87. The molecule has 7 nitrogen and oxygen atoms in total. The molecule has 1 heterocycles. The van der Waals surface area contributed by atoms with E-state index in [9.17, 15) is 18.3 Å². The Bertz CT molecular complexity index is 883. The minimum atomic E-state index is -3.25. The molecule has 1 saturated carbocycles. The average Bonchev–Trinajstić information content (AvgIpc) is 2.96. The van der Waals surface area contributed by atoms with Crippen LogP contribution in [0, 0.1) is 5.92 Å². The fraction of sp³-hybridized carbons (Fsp3) is 0.444. The number of carbonyl (C=O) groups is 1. The maximum absolute atomic E-state index is 12.5. The van der Waals surface area contributed by atoms with Crippen LogP contribution in [0.4, 0.5) is 0 Å². The standard InChI is InChI=1S/C18H23N3O4S/c1-21-11-14(10-19-21)18(13-8-15(22)9-13)20-17(23)7-12-3-5-16(6-4-12)26(2,24)25/h3-6,10-11,13,15,18,22H,7-9H2,1-2H3,(H,20,23). The normalized spacial score (nSPS) is 21.0. The zero-order chi connectivity index (χ0) is 18.9. The molecule has 1 aromatic carbocycles. The van der Waals surface area contributed by atoms with E-state index in [1.807, 2.05) is 13.2 Å². The highest BCUT2D eigenvalue weighted by molar-refractivity contribution is 7.90. The maximum Gasteiger partial charge on any atom is 0.224 e. The van der Waals surface area contributed by atoms with E-state index < -0.39 is 9.84 Å². The molecule has 0 aliphatic heterocycles. The van der Waals surface area contributed by atoms with E-state index in [-0.39, 0.29) is 35.3 Å². The minimum absolute atomic E-state index is 0.146. The average molecular weight is 377 g/mol. The van der Waals surface area contributed by atoms with Crippen molar-refractivity contribution in [2.75, 3.05) is 6.26 Å². The third-order valence-electron chi connectivity index (χ3n) is 4.74. The molecule has 0 radical (unpaired) electrons. The quantitative estimate of drug-likeness (QED) is 0.782. The Kier molecular flexibility index (Phi) is 5.15. The van der Waals surface area contributed by atoms with Crippen LogP contribution in [0.5, 0.6) is 0 Å². The molecular weight excluding hydrogens is 354 g/mol. The lowest BCUT2D eigenvalue weighted by atomic mass is 9.75. The SMILES string of the molecule is Cn1cc(C(NC(=O)Cc2ccc(S(C)(=O)=O)cc2)C2CC(O)C2)cn1. The fourth-order valence-corrected chi connectivity index (χ4v) is 3.87. The molecule has 1 atom stereocenters. The topological polar surface area (TPSA) is 101 Å². The Balaban J connectivity index is 1.68. The summed E-state index contributed by atoms with van der Waals surface area (Å²) >= 11 is 0. The van der Waals surface area contributed by atoms with Crippen LogP contribution in [-0.2, 0) is 28.1 Å². The molecule has 1 aliphatic rings. The lowest BCUT2D eigenvalue weighted by Gasteiger charge is -2.37. The van der Waals surface area contributed by atoms with E-state index in [2.05, 4.69) is 10.4 Å². The van der Waals surface area contributed by atoms with Gasteiger partial charge in [0, 0.05) is 25.1 Å². The summed E-state index contributed by atoms with van der Waals surface area (Å²) in [6, 6.07) is 6.15. The summed E-state index contributed by atoms with van der Waals surface area (Å²) < 4.78 is 24.7. The van der Waals surface area contributed by atoms with Crippen molar-refractivity contribution in [1.29, 1.82) is 0 Å². The van der Waals surface area contributed by atoms with Gasteiger partial charge in [-0.2, -0.15) is 5.10 Å². The Hall–Kier alpha value is -2.19. The molecule has 2 aromatic rings. The highest BCUT2D eigenvalue weighted by atomic mass is 32.2. The number of amides is 1. The number of aryl methyl sites for hydroxylation is 1. The van der Waals surface area contributed by atoms with E-state index >= 15 is 0 Å². The number of sulfone groups is 1. The van der Waals surface area contributed by atoms with Gasteiger partial charge in [-0.25, -0.2) is 8.42 Å². The number of aliphatic hydroxyl groups is 1.